The Hall–Kier alpha value is -2.10. The lowest BCUT2D eigenvalue weighted by molar-refractivity contribution is 0.578. The molecule has 0 saturated carbocycles. The molecule has 0 amide bonds. The van der Waals surface area contributed by atoms with Crippen molar-refractivity contribution in [2.24, 2.45) is 0 Å². The van der Waals surface area contributed by atoms with Crippen molar-refractivity contribution in [1.29, 1.82) is 0 Å². The van der Waals surface area contributed by atoms with Crippen molar-refractivity contribution in [3.63, 3.8) is 0 Å². The molecule has 0 aliphatic carbocycles. The van der Waals surface area contributed by atoms with Crippen LogP contribution in [0.1, 0.15) is 30.8 Å². The summed E-state index contributed by atoms with van der Waals surface area (Å²) in [6.07, 6.45) is 5.80. The minimum atomic E-state index is 0.729. The van der Waals surface area contributed by atoms with Gasteiger partial charge in [-0.25, -0.2) is 9.97 Å². The van der Waals surface area contributed by atoms with Gasteiger partial charge in [0.1, 0.15) is 5.82 Å². The van der Waals surface area contributed by atoms with Gasteiger partial charge in [-0.05, 0) is 56.5 Å². The first-order valence-corrected chi connectivity index (χ1v) is 7.69. The molecule has 0 unspecified atom stereocenters. The molecule has 0 radical (unpaired) electrons. The number of aryl methyl sites for hydroxylation is 1. The van der Waals surface area contributed by atoms with Crippen molar-refractivity contribution in [3.05, 3.63) is 48.0 Å². The van der Waals surface area contributed by atoms with Crippen molar-refractivity contribution in [2.45, 2.75) is 32.7 Å². The number of benzene rings is 1. The second kappa shape index (κ2) is 6.57. The second-order valence-corrected chi connectivity index (χ2v) is 5.54. The molecule has 1 aromatic carbocycles. The largest absolute Gasteiger partial charge is 0.379 e. The van der Waals surface area contributed by atoms with E-state index in [1.807, 2.05) is 13.0 Å². The van der Waals surface area contributed by atoms with Crippen molar-refractivity contribution in [1.82, 2.24) is 9.97 Å². The van der Waals surface area contributed by atoms with Crippen LogP contribution >= 0.6 is 0 Å². The Morgan fingerprint density at radius 3 is 2.52 bits per heavy atom. The maximum Gasteiger partial charge on any atom is 0.125 e. The molecule has 0 bridgehead atoms. The van der Waals surface area contributed by atoms with Crippen LogP contribution in [0.25, 0.3) is 0 Å². The zero-order valence-electron chi connectivity index (χ0n) is 12.5. The molecule has 1 fully saturated rings. The molecule has 2 heterocycles. The number of nitrogens with zero attached hydrogens (tertiary/aromatic N) is 3. The predicted molar refractivity (Wildman–Crippen MR) is 86.6 cm³/mol. The average molecular weight is 282 g/mol. The molecule has 2 aromatic rings. The molecule has 21 heavy (non-hydrogen) atoms. The normalized spacial score (nSPS) is 15.0. The summed E-state index contributed by atoms with van der Waals surface area (Å²) in [5.74, 6) is 0.815. The van der Waals surface area contributed by atoms with Gasteiger partial charge in [-0.1, -0.05) is 0 Å². The lowest BCUT2D eigenvalue weighted by atomic mass is 10.1. The Balaban J connectivity index is 1.59. The van der Waals surface area contributed by atoms with Crippen LogP contribution in [0, 0.1) is 6.92 Å². The lowest BCUT2D eigenvalue weighted by Gasteiger charge is -2.28. The zero-order valence-corrected chi connectivity index (χ0v) is 12.5. The van der Waals surface area contributed by atoms with Crippen LogP contribution in [0.2, 0.25) is 0 Å². The van der Waals surface area contributed by atoms with Gasteiger partial charge in [-0.15, -0.1) is 0 Å². The topological polar surface area (TPSA) is 41.1 Å². The third-order valence-electron chi connectivity index (χ3n) is 3.90. The summed E-state index contributed by atoms with van der Waals surface area (Å²) >= 11 is 0. The molecule has 0 atom stereocenters. The van der Waals surface area contributed by atoms with Crippen molar-refractivity contribution < 1.29 is 0 Å². The third-order valence-corrected chi connectivity index (χ3v) is 3.90. The van der Waals surface area contributed by atoms with Gasteiger partial charge >= 0.3 is 0 Å². The highest BCUT2D eigenvalue weighted by Crippen LogP contribution is 2.21. The molecule has 110 valence electrons. The van der Waals surface area contributed by atoms with E-state index in [-0.39, 0.29) is 0 Å². The van der Waals surface area contributed by atoms with E-state index in [1.54, 1.807) is 6.20 Å². The van der Waals surface area contributed by atoms with E-state index in [2.05, 4.69) is 44.5 Å². The summed E-state index contributed by atoms with van der Waals surface area (Å²) in [5.41, 5.74) is 3.48. The Bertz CT molecular complexity index is 574. The lowest BCUT2D eigenvalue weighted by Crippen LogP contribution is -2.29. The summed E-state index contributed by atoms with van der Waals surface area (Å²) in [6.45, 7) is 5.02. The summed E-state index contributed by atoms with van der Waals surface area (Å²) in [6, 6.07) is 10.7. The molecule has 3 rings (SSSR count). The van der Waals surface area contributed by atoms with E-state index in [1.165, 1.54) is 38.0 Å². The van der Waals surface area contributed by atoms with Gasteiger partial charge in [-0.3, -0.25) is 0 Å². The van der Waals surface area contributed by atoms with Gasteiger partial charge < -0.3 is 10.2 Å². The van der Waals surface area contributed by atoms with E-state index in [4.69, 9.17) is 0 Å². The Kier molecular flexibility index (Phi) is 4.34. The highest BCUT2D eigenvalue weighted by atomic mass is 15.1. The van der Waals surface area contributed by atoms with Gasteiger partial charge in [0.2, 0.25) is 0 Å². The number of anilines is 2. The van der Waals surface area contributed by atoms with Gasteiger partial charge in [0.25, 0.3) is 0 Å². The molecule has 0 spiro atoms. The highest BCUT2D eigenvalue weighted by Gasteiger charge is 2.10. The van der Waals surface area contributed by atoms with Gasteiger partial charge in [0.15, 0.2) is 0 Å². The SMILES string of the molecule is Cc1nccc(CNc2ccc(N3CCCCC3)cc2)n1. The number of hydrogen-bond acceptors (Lipinski definition) is 4. The van der Waals surface area contributed by atoms with E-state index >= 15 is 0 Å². The standard InChI is InChI=1S/C17H22N4/c1-14-18-10-9-16(20-14)13-19-15-5-7-17(8-6-15)21-11-3-2-4-12-21/h5-10,19H,2-4,11-13H2,1H3. The van der Waals surface area contributed by atoms with Crippen molar-refractivity contribution in [3.8, 4) is 0 Å². The molecule has 4 nitrogen and oxygen atoms in total. The number of nitrogens with one attached hydrogen (secondary N) is 1. The van der Waals surface area contributed by atoms with Gasteiger partial charge in [0.05, 0.1) is 12.2 Å². The zero-order chi connectivity index (χ0) is 14.5. The van der Waals surface area contributed by atoms with E-state index in [0.29, 0.717) is 0 Å². The number of rotatable bonds is 4. The van der Waals surface area contributed by atoms with Crippen LogP contribution in [0.5, 0.6) is 0 Å². The monoisotopic (exact) mass is 282 g/mol. The van der Waals surface area contributed by atoms with Crippen LogP contribution in [0.3, 0.4) is 0 Å². The van der Waals surface area contributed by atoms with Crippen LogP contribution in [-0.4, -0.2) is 23.1 Å². The first-order chi connectivity index (χ1) is 10.3. The summed E-state index contributed by atoms with van der Waals surface area (Å²) in [4.78, 5) is 11.0. The van der Waals surface area contributed by atoms with Gasteiger partial charge in [-0.2, -0.15) is 0 Å². The fourth-order valence-electron chi connectivity index (χ4n) is 2.74. The molecular weight excluding hydrogens is 260 g/mol. The first-order valence-electron chi connectivity index (χ1n) is 7.69. The fraction of sp³-hybridized carbons (Fsp3) is 0.412. The smallest absolute Gasteiger partial charge is 0.125 e. The average Bonchev–Trinajstić information content (AvgIpc) is 2.54. The first kappa shape index (κ1) is 13.9. The Morgan fingerprint density at radius 1 is 1.05 bits per heavy atom. The molecule has 1 aliphatic heterocycles. The number of aromatic nitrogens is 2. The third kappa shape index (κ3) is 3.72. The predicted octanol–water partition coefficient (Wildman–Crippen LogP) is 3.39. The Morgan fingerprint density at radius 2 is 1.81 bits per heavy atom. The minimum Gasteiger partial charge on any atom is -0.379 e. The van der Waals surface area contributed by atoms with Crippen LogP contribution in [0.15, 0.2) is 36.5 Å². The molecular formula is C17H22N4. The van der Waals surface area contributed by atoms with E-state index in [9.17, 15) is 0 Å². The minimum absolute atomic E-state index is 0.729. The van der Waals surface area contributed by atoms with Crippen molar-refractivity contribution >= 4 is 11.4 Å². The molecule has 1 aromatic heterocycles. The Labute approximate surface area is 126 Å². The summed E-state index contributed by atoms with van der Waals surface area (Å²) in [7, 11) is 0. The van der Waals surface area contributed by atoms with E-state index in [0.717, 1.165) is 23.8 Å². The maximum absolute atomic E-state index is 4.40. The summed E-state index contributed by atoms with van der Waals surface area (Å²) < 4.78 is 0. The van der Waals surface area contributed by atoms with Crippen LogP contribution in [0.4, 0.5) is 11.4 Å². The maximum atomic E-state index is 4.40. The van der Waals surface area contributed by atoms with Crippen molar-refractivity contribution in [2.75, 3.05) is 23.3 Å². The van der Waals surface area contributed by atoms with E-state index < -0.39 is 0 Å². The molecule has 1 saturated heterocycles. The fourth-order valence-corrected chi connectivity index (χ4v) is 2.74. The summed E-state index contributed by atoms with van der Waals surface area (Å²) in [5, 5.41) is 3.41. The molecule has 1 aliphatic rings. The number of hydrogen-bond donors (Lipinski definition) is 1. The molecule has 4 heteroatoms. The van der Waals surface area contributed by atoms with Crippen LogP contribution < -0.4 is 10.2 Å². The second-order valence-electron chi connectivity index (χ2n) is 5.54. The highest BCUT2D eigenvalue weighted by molar-refractivity contribution is 5.55. The quantitative estimate of drug-likeness (QED) is 0.933. The molecule has 1 N–H and O–H groups in total. The van der Waals surface area contributed by atoms with Crippen LogP contribution in [-0.2, 0) is 6.54 Å². The number of piperidine rings is 1. The van der Waals surface area contributed by atoms with Gasteiger partial charge in [0, 0.05) is 30.7 Å².